The number of benzene rings is 1. The minimum absolute atomic E-state index is 0.0151. The third-order valence-electron chi connectivity index (χ3n) is 2.65. The lowest BCUT2D eigenvalue weighted by Crippen LogP contribution is -1.94. The third-order valence-corrected chi connectivity index (χ3v) is 2.65. The van der Waals surface area contributed by atoms with E-state index in [-0.39, 0.29) is 11.6 Å². The topological polar surface area (TPSA) is 82.8 Å². The van der Waals surface area contributed by atoms with Gasteiger partial charge >= 0.3 is 0 Å². The fourth-order valence-corrected chi connectivity index (χ4v) is 1.69. The molecule has 3 rings (SSSR count). The molecule has 3 aromatic rings. The number of rotatable bonds is 2. The number of nitrogens with zero attached hydrogens (tertiary/aromatic N) is 4. The summed E-state index contributed by atoms with van der Waals surface area (Å²) in [5.41, 5.74) is 6.58. The number of para-hydroxylation sites is 1. The van der Waals surface area contributed by atoms with E-state index >= 15 is 0 Å². The van der Waals surface area contributed by atoms with Gasteiger partial charge in [0.05, 0.1) is 11.3 Å². The van der Waals surface area contributed by atoms with Gasteiger partial charge in [-0.15, -0.1) is 0 Å². The van der Waals surface area contributed by atoms with Gasteiger partial charge in [-0.05, 0) is 18.2 Å². The quantitative estimate of drug-likeness (QED) is 0.710. The number of nitrogens with two attached hydrogens (primary N) is 1. The lowest BCUT2D eigenvalue weighted by atomic mass is 10.2. The first-order chi connectivity index (χ1) is 9.15. The molecule has 0 amide bonds. The number of aryl methyl sites for hydroxylation is 1. The Morgan fingerprint density at radius 1 is 1.32 bits per heavy atom. The Hall–Kier alpha value is -2.70. The average molecular weight is 259 g/mol. The van der Waals surface area contributed by atoms with Gasteiger partial charge in [0, 0.05) is 13.2 Å². The molecule has 0 saturated heterocycles. The van der Waals surface area contributed by atoms with Crippen LogP contribution in [0.25, 0.3) is 23.0 Å². The summed E-state index contributed by atoms with van der Waals surface area (Å²) >= 11 is 0. The fourth-order valence-electron chi connectivity index (χ4n) is 1.69. The SMILES string of the molecule is Cn1ccc(-c2noc(-c3cccc(F)c3N)n2)n1. The van der Waals surface area contributed by atoms with Crippen LogP contribution in [0.5, 0.6) is 0 Å². The van der Waals surface area contributed by atoms with E-state index < -0.39 is 5.82 Å². The smallest absolute Gasteiger partial charge is 0.260 e. The average Bonchev–Trinajstić information content (AvgIpc) is 3.01. The second-order valence-corrected chi connectivity index (χ2v) is 4.00. The van der Waals surface area contributed by atoms with Crippen LogP contribution in [0.4, 0.5) is 10.1 Å². The molecule has 0 fully saturated rings. The van der Waals surface area contributed by atoms with Crippen molar-refractivity contribution in [1.82, 2.24) is 19.9 Å². The predicted molar refractivity (Wildman–Crippen MR) is 66.3 cm³/mol. The van der Waals surface area contributed by atoms with Gasteiger partial charge < -0.3 is 10.3 Å². The van der Waals surface area contributed by atoms with E-state index in [9.17, 15) is 4.39 Å². The molecule has 2 heterocycles. The molecule has 0 spiro atoms. The molecule has 0 unspecified atom stereocenters. The molecule has 0 radical (unpaired) electrons. The van der Waals surface area contributed by atoms with Crippen LogP contribution in [0.1, 0.15) is 0 Å². The standard InChI is InChI=1S/C12H10FN5O/c1-18-6-5-9(16-18)11-15-12(19-17-11)7-3-2-4-8(13)10(7)14/h2-6H,14H2,1H3. The Balaban J connectivity index is 2.04. The largest absolute Gasteiger partial charge is 0.396 e. The number of hydrogen-bond acceptors (Lipinski definition) is 5. The number of hydrogen-bond donors (Lipinski definition) is 1. The van der Waals surface area contributed by atoms with E-state index in [1.807, 2.05) is 0 Å². The van der Waals surface area contributed by atoms with E-state index in [4.69, 9.17) is 10.3 Å². The van der Waals surface area contributed by atoms with Crippen molar-refractivity contribution in [3.05, 3.63) is 36.3 Å². The molecule has 0 aliphatic rings. The van der Waals surface area contributed by atoms with Crippen molar-refractivity contribution in [3.8, 4) is 23.0 Å². The molecule has 0 aliphatic carbocycles. The third kappa shape index (κ3) is 1.95. The maximum atomic E-state index is 13.4. The summed E-state index contributed by atoms with van der Waals surface area (Å²) in [6.45, 7) is 0. The molecule has 2 N–H and O–H groups in total. The number of anilines is 1. The molecular weight excluding hydrogens is 249 g/mol. The molecule has 19 heavy (non-hydrogen) atoms. The summed E-state index contributed by atoms with van der Waals surface area (Å²) in [5.74, 6) is -0.0213. The maximum Gasteiger partial charge on any atom is 0.260 e. The molecule has 0 aliphatic heterocycles. The minimum Gasteiger partial charge on any atom is -0.396 e. The van der Waals surface area contributed by atoms with Crippen molar-refractivity contribution >= 4 is 5.69 Å². The van der Waals surface area contributed by atoms with Crippen LogP contribution in [0.2, 0.25) is 0 Å². The van der Waals surface area contributed by atoms with Gasteiger partial charge in [0.15, 0.2) is 0 Å². The Morgan fingerprint density at radius 2 is 2.16 bits per heavy atom. The van der Waals surface area contributed by atoms with Crippen molar-refractivity contribution in [2.45, 2.75) is 0 Å². The van der Waals surface area contributed by atoms with Crippen molar-refractivity contribution in [2.24, 2.45) is 7.05 Å². The summed E-state index contributed by atoms with van der Waals surface area (Å²) in [6.07, 6.45) is 1.77. The first kappa shape index (κ1) is 11.4. The summed E-state index contributed by atoms with van der Waals surface area (Å²) in [6, 6.07) is 6.18. The van der Waals surface area contributed by atoms with Gasteiger partial charge in [0.2, 0.25) is 5.82 Å². The van der Waals surface area contributed by atoms with E-state index in [2.05, 4.69) is 15.2 Å². The first-order valence-corrected chi connectivity index (χ1v) is 5.53. The number of aromatic nitrogens is 4. The van der Waals surface area contributed by atoms with Gasteiger partial charge in [-0.2, -0.15) is 10.1 Å². The van der Waals surface area contributed by atoms with Crippen LogP contribution in [-0.4, -0.2) is 19.9 Å². The summed E-state index contributed by atoms with van der Waals surface area (Å²) in [5, 5.41) is 7.96. The van der Waals surface area contributed by atoms with Crippen molar-refractivity contribution in [1.29, 1.82) is 0 Å². The Labute approximate surface area is 107 Å². The highest BCUT2D eigenvalue weighted by Crippen LogP contribution is 2.27. The molecule has 1 aromatic carbocycles. The second-order valence-electron chi connectivity index (χ2n) is 4.00. The van der Waals surface area contributed by atoms with Crippen LogP contribution < -0.4 is 5.73 Å². The molecule has 0 bridgehead atoms. The van der Waals surface area contributed by atoms with E-state index in [0.717, 1.165) is 0 Å². The number of halogens is 1. The first-order valence-electron chi connectivity index (χ1n) is 5.53. The van der Waals surface area contributed by atoms with Crippen LogP contribution in [-0.2, 0) is 7.05 Å². The van der Waals surface area contributed by atoms with Gasteiger partial charge in [-0.25, -0.2) is 4.39 Å². The highest BCUT2D eigenvalue weighted by Gasteiger charge is 2.16. The fraction of sp³-hybridized carbons (Fsp3) is 0.0833. The lowest BCUT2D eigenvalue weighted by Gasteiger charge is -2.00. The van der Waals surface area contributed by atoms with Crippen molar-refractivity contribution in [3.63, 3.8) is 0 Å². The van der Waals surface area contributed by atoms with Crippen LogP contribution >= 0.6 is 0 Å². The summed E-state index contributed by atoms with van der Waals surface area (Å²) < 4.78 is 20.1. The van der Waals surface area contributed by atoms with E-state index in [0.29, 0.717) is 17.1 Å². The zero-order chi connectivity index (χ0) is 13.4. The minimum atomic E-state index is -0.518. The monoisotopic (exact) mass is 259 g/mol. The van der Waals surface area contributed by atoms with Gasteiger partial charge in [0.25, 0.3) is 5.89 Å². The normalized spacial score (nSPS) is 10.8. The maximum absolute atomic E-state index is 13.4. The second kappa shape index (κ2) is 4.20. The molecule has 96 valence electrons. The van der Waals surface area contributed by atoms with Crippen molar-refractivity contribution < 1.29 is 8.91 Å². The Kier molecular flexibility index (Phi) is 2.52. The zero-order valence-electron chi connectivity index (χ0n) is 10.0. The highest BCUT2D eigenvalue weighted by molar-refractivity contribution is 5.71. The summed E-state index contributed by atoms with van der Waals surface area (Å²) in [7, 11) is 1.79. The van der Waals surface area contributed by atoms with Gasteiger partial charge in [-0.3, -0.25) is 4.68 Å². The zero-order valence-corrected chi connectivity index (χ0v) is 10.0. The highest BCUT2D eigenvalue weighted by atomic mass is 19.1. The van der Waals surface area contributed by atoms with E-state index in [1.54, 1.807) is 30.1 Å². The molecule has 0 atom stereocenters. The molecule has 0 saturated carbocycles. The van der Waals surface area contributed by atoms with Crippen LogP contribution in [0, 0.1) is 5.82 Å². The molecular formula is C12H10FN5O. The molecule has 6 nitrogen and oxygen atoms in total. The molecule has 2 aromatic heterocycles. The predicted octanol–water partition coefficient (Wildman–Crippen LogP) is 1.86. The lowest BCUT2D eigenvalue weighted by molar-refractivity contribution is 0.432. The molecule has 7 heteroatoms. The van der Waals surface area contributed by atoms with Gasteiger partial charge in [0.1, 0.15) is 11.5 Å². The number of nitrogen functional groups attached to an aromatic ring is 1. The van der Waals surface area contributed by atoms with Crippen LogP contribution in [0.3, 0.4) is 0 Å². The van der Waals surface area contributed by atoms with Crippen molar-refractivity contribution in [2.75, 3.05) is 5.73 Å². The Bertz CT molecular complexity index is 733. The summed E-state index contributed by atoms with van der Waals surface area (Å²) in [4.78, 5) is 4.17. The van der Waals surface area contributed by atoms with Gasteiger partial charge in [-0.1, -0.05) is 11.2 Å². The van der Waals surface area contributed by atoms with E-state index in [1.165, 1.54) is 12.1 Å². The van der Waals surface area contributed by atoms with Crippen LogP contribution in [0.15, 0.2) is 35.0 Å². The Morgan fingerprint density at radius 3 is 2.89 bits per heavy atom.